The van der Waals surface area contributed by atoms with E-state index >= 15 is 0 Å². The fraction of sp³-hybridized carbons (Fsp3) is 0.286. The summed E-state index contributed by atoms with van der Waals surface area (Å²) in [4.78, 5) is 31.1. The van der Waals surface area contributed by atoms with Crippen LogP contribution in [-0.4, -0.2) is 48.5 Å². The van der Waals surface area contributed by atoms with E-state index in [-0.39, 0.29) is 18.0 Å². The van der Waals surface area contributed by atoms with E-state index < -0.39 is 0 Å². The fourth-order valence-corrected chi connectivity index (χ4v) is 3.43. The van der Waals surface area contributed by atoms with Gasteiger partial charge in [0.25, 0.3) is 5.56 Å². The minimum absolute atomic E-state index is 0.113. The third-order valence-electron chi connectivity index (χ3n) is 4.94. The summed E-state index contributed by atoms with van der Waals surface area (Å²) >= 11 is 0. The summed E-state index contributed by atoms with van der Waals surface area (Å²) < 4.78 is 3.36. The van der Waals surface area contributed by atoms with Crippen LogP contribution in [0.25, 0.3) is 16.7 Å². The van der Waals surface area contributed by atoms with Crippen LogP contribution in [0.2, 0.25) is 0 Å². The maximum Gasteiger partial charge on any atom is 0.262 e. The summed E-state index contributed by atoms with van der Waals surface area (Å²) in [5, 5.41) is 11.9. The topological polar surface area (TPSA) is 97.4 Å². The molecule has 1 amide bonds. The lowest BCUT2D eigenvalue weighted by atomic mass is 10.1. The third-order valence-corrected chi connectivity index (χ3v) is 4.94. The highest BCUT2D eigenvalue weighted by Gasteiger charge is 2.17. The summed E-state index contributed by atoms with van der Waals surface area (Å²) in [7, 11) is 3.52. The lowest BCUT2D eigenvalue weighted by Gasteiger charge is -2.16. The van der Waals surface area contributed by atoms with Crippen LogP contribution in [0.5, 0.6) is 0 Å². The quantitative estimate of drug-likeness (QED) is 0.542. The highest BCUT2D eigenvalue weighted by molar-refractivity contribution is 5.91. The number of nitrogens with zero attached hydrogens (tertiary/aromatic N) is 6. The van der Waals surface area contributed by atoms with Gasteiger partial charge in [0, 0.05) is 13.2 Å². The van der Waals surface area contributed by atoms with Gasteiger partial charge in [0.1, 0.15) is 5.82 Å². The number of carbonyl (C=O) groups excluding carboxylic acids is 1. The number of hydrogen-bond donors (Lipinski definition) is 1. The molecule has 0 unspecified atom stereocenters. The normalized spacial score (nSPS) is 11.5. The van der Waals surface area contributed by atoms with Crippen molar-refractivity contribution in [1.29, 1.82) is 0 Å². The number of fused-ring (bicyclic) bond motifs is 3. The molecule has 1 aromatic carbocycles. The smallest absolute Gasteiger partial charge is 0.262 e. The Balaban J connectivity index is 1.59. The number of aromatic nitrogens is 5. The van der Waals surface area contributed by atoms with E-state index in [2.05, 4.69) is 20.5 Å². The van der Waals surface area contributed by atoms with Crippen molar-refractivity contribution in [2.45, 2.75) is 20.4 Å². The Morgan fingerprint density at radius 1 is 1.13 bits per heavy atom. The number of rotatable bonds is 5. The van der Waals surface area contributed by atoms with Gasteiger partial charge < -0.3 is 5.32 Å². The molecule has 0 spiro atoms. The summed E-state index contributed by atoms with van der Waals surface area (Å²) in [6.07, 6.45) is 1.71. The summed E-state index contributed by atoms with van der Waals surface area (Å²) in [6, 6.07) is 9.39. The van der Waals surface area contributed by atoms with Crippen molar-refractivity contribution in [3.8, 4) is 0 Å². The maximum atomic E-state index is 12.7. The lowest BCUT2D eigenvalue weighted by Crippen LogP contribution is -2.31. The fourth-order valence-electron chi connectivity index (χ4n) is 3.43. The van der Waals surface area contributed by atoms with Crippen LogP contribution in [0.3, 0.4) is 0 Å². The van der Waals surface area contributed by atoms with Crippen LogP contribution in [0.4, 0.5) is 5.82 Å². The lowest BCUT2D eigenvalue weighted by molar-refractivity contribution is -0.117. The van der Waals surface area contributed by atoms with Gasteiger partial charge in [0.15, 0.2) is 5.82 Å². The number of aryl methyl sites for hydroxylation is 3. The van der Waals surface area contributed by atoms with Crippen molar-refractivity contribution in [2.75, 3.05) is 18.9 Å². The van der Waals surface area contributed by atoms with E-state index in [1.165, 1.54) is 4.57 Å². The van der Waals surface area contributed by atoms with Crippen LogP contribution in [-0.2, 0) is 18.4 Å². The van der Waals surface area contributed by atoms with E-state index in [0.29, 0.717) is 29.4 Å². The largest absolute Gasteiger partial charge is 0.310 e. The molecule has 4 aromatic rings. The highest BCUT2D eigenvalue weighted by atomic mass is 16.2. The van der Waals surface area contributed by atoms with Crippen molar-refractivity contribution < 1.29 is 4.79 Å². The minimum atomic E-state index is -0.171. The molecule has 4 rings (SSSR count). The molecular weight excluding hydrogens is 382 g/mol. The Bertz CT molecular complexity index is 1310. The molecule has 3 aromatic heterocycles. The van der Waals surface area contributed by atoms with Gasteiger partial charge in [-0.2, -0.15) is 0 Å². The van der Waals surface area contributed by atoms with Gasteiger partial charge in [-0.3, -0.25) is 23.5 Å². The number of amides is 1. The van der Waals surface area contributed by atoms with Gasteiger partial charge in [0.2, 0.25) is 11.7 Å². The molecule has 3 heterocycles. The summed E-state index contributed by atoms with van der Waals surface area (Å²) in [5.41, 5.74) is 2.67. The van der Waals surface area contributed by atoms with Gasteiger partial charge in [-0.15, -0.1) is 10.2 Å². The molecule has 0 atom stereocenters. The molecule has 0 aliphatic carbocycles. The van der Waals surface area contributed by atoms with Crippen molar-refractivity contribution in [2.24, 2.45) is 7.05 Å². The molecule has 0 bridgehead atoms. The average Bonchev–Trinajstić information content (AvgIpc) is 3.11. The second-order valence-corrected chi connectivity index (χ2v) is 7.58. The second-order valence-electron chi connectivity index (χ2n) is 7.58. The molecule has 0 radical (unpaired) electrons. The van der Waals surface area contributed by atoms with Gasteiger partial charge in [-0.05, 0) is 44.7 Å². The zero-order valence-corrected chi connectivity index (χ0v) is 17.4. The van der Waals surface area contributed by atoms with Gasteiger partial charge in [-0.1, -0.05) is 17.7 Å². The monoisotopic (exact) mass is 405 g/mol. The first-order chi connectivity index (χ1) is 14.3. The number of nitrogens with one attached hydrogen (secondary N) is 1. The third kappa shape index (κ3) is 3.67. The van der Waals surface area contributed by atoms with Crippen molar-refractivity contribution in [3.05, 3.63) is 63.8 Å². The highest BCUT2D eigenvalue weighted by Crippen LogP contribution is 2.16. The van der Waals surface area contributed by atoms with Crippen molar-refractivity contribution >= 4 is 28.4 Å². The number of hydrogen-bond acceptors (Lipinski definition) is 6. The van der Waals surface area contributed by atoms with Gasteiger partial charge in [-0.25, -0.2) is 4.98 Å². The SMILES string of the molecule is Cc1ccc(NC(=O)CN(C)Cc2nnc3n(C)c(=O)c4cc(C)ccc4n23)nc1. The first-order valence-corrected chi connectivity index (χ1v) is 9.58. The molecule has 0 aliphatic heterocycles. The molecule has 9 heteroatoms. The summed E-state index contributed by atoms with van der Waals surface area (Å²) in [6.45, 7) is 4.44. The second kappa shape index (κ2) is 7.68. The first kappa shape index (κ1) is 19.7. The Hall–Kier alpha value is -3.59. The van der Waals surface area contributed by atoms with Crippen LogP contribution in [0, 0.1) is 13.8 Å². The predicted octanol–water partition coefficient (Wildman–Crippen LogP) is 1.66. The Morgan fingerprint density at radius 3 is 2.63 bits per heavy atom. The molecule has 30 heavy (non-hydrogen) atoms. The molecule has 0 fully saturated rings. The molecule has 0 saturated heterocycles. The van der Waals surface area contributed by atoms with Gasteiger partial charge >= 0.3 is 0 Å². The van der Waals surface area contributed by atoms with Crippen LogP contribution < -0.4 is 10.9 Å². The number of likely N-dealkylation sites (N-methyl/N-ethyl adjacent to an activating group) is 1. The van der Waals surface area contributed by atoms with Crippen LogP contribution >= 0.6 is 0 Å². The number of pyridine rings is 1. The van der Waals surface area contributed by atoms with E-state index in [1.54, 1.807) is 19.3 Å². The van der Waals surface area contributed by atoms with Gasteiger partial charge in [0.05, 0.1) is 24.0 Å². The summed E-state index contributed by atoms with van der Waals surface area (Å²) in [5.74, 6) is 1.46. The van der Waals surface area contributed by atoms with Crippen LogP contribution in [0.1, 0.15) is 17.0 Å². The molecule has 9 nitrogen and oxygen atoms in total. The van der Waals surface area contributed by atoms with Crippen LogP contribution in [0.15, 0.2) is 41.3 Å². The molecular formula is C21H23N7O2. The number of anilines is 1. The molecule has 0 saturated carbocycles. The van der Waals surface area contributed by atoms with Crippen molar-refractivity contribution in [1.82, 2.24) is 29.0 Å². The van der Waals surface area contributed by atoms with Crippen molar-refractivity contribution in [3.63, 3.8) is 0 Å². The van der Waals surface area contributed by atoms with E-state index in [0.717, 1.165) is 16.6 Å². The Kier molecular flexibility index (Phi) is 5.04. The zero-order chi connectivity index (χ0) is 21.4. The van der Waals surface area contributed by atoms with E-state index in [9.17, 15) is 9.59 Å². The molecule has 0 aliphatic rings. The first-order valence-electron chi connectivity index (χ1n) is 9.58. The average molecular weight is 405 g/mol. The number of carbonyl (C=O) groups is 1. The minimum Gasteiger partial charge on any atom is -0.310 e. The Morgan fingerprint density at radius 2 is 1.90 bits per heavy atom. The standard InChI is InChI=1S/C21H23N7O2/c1-13-5-7-16-15(9-13)20(30)27(4)21-25-24-18(28(16)21)11-26(3)12-19(29)23-17-8-6-14(2)10-22-17/h5-10H,11-12H2,1-4H3,(H,22,23,29). The van der Waals surface area contributed by atoms with E-state index in [1.807, 2.05) is 54.5 Å². The molecule has 154 valence electrons. The Labute approximate surface area is 173 Å². The zero-order valence-electron chi connectivity index (χ0n) is 17.4. The van der Waals surface area contributed by atoms with E-state index in [4.69, 9.17) is 0 Å². The maximum absolute atomic E-state index is 12.7. The predicted molar refractivity (Wildman–Crippen MR) is 114 cm³/mol. The molecule has 1 N–H and O–H groups in total. The number of benzene rings is 1.